The van der Waals surface area contributed by atoms with Gasteiger partial charge in [-0.15, -0.1) is 0 Å². The highest BCUT2D eigenvalue weighted by Gasteiger charge is 2.06. The molecule has 0 aliphatic rings. The predicted octanol–water partition coefficient (Wildman–Crippen LogP) is 2.07. The maximum Gasteiger partial charge on any atom is 0.161 e. The second-order valence-electron chi connectivity index (χ2n) is 3.46. The third-order valence-corrected chi connectivity index (χ3v) is 2.93. The summed E-state index contributed by atoms with van der Waals surface area (Å²) in [6.07, 6.45) is 4.95. The van der Waals surface area contributed by atoms with Gasteiger partial charge < -0.3 is 0 Å². The Morgan fingerprint density at radius 1 is 1.29 bits per heavy atom. The number of halogens is 1. The van der Waals surface area contributed by atoms with Crippen LogP contribution in [0.3, 0.4) is 0 Å². The Labute approximate surface area is 107 Å². The van der Waals surface area contributed by atoms with Gasteiger partial charge in [0.05, 0.1) is 11.4 Å². The molecule has 4 nitrogen and oxygen atoms in total. The Morgan fingerprint density at radius 3 is 2.65 bits per heavy atom. The van der Waals surface area contributed by atoms with E-state index in [9.17, 15) is 4.21 Å². The van der Waals surface area contributed by atoms with Crippen molar-refractivity contribution >= 4 is 22.4 Å². The Bertz CT molecular complexity index is 548. The number of nitrogens with zero attached hydrogens (tertiary/aromatic N) is 3. The molecule has 2 aromatic rings. The summed E-state index contributed by atoms with van der Waals surface area (Å²) in [6.45, 7) is 0. The summed E-state index contributed by atoms with van der Waals surface area (Å²) >= 11 is 5.92. The fourth-order valence-corrected chi connectivity index (χ4v) is 2.15. The molecule has 1 unspecified atom stereocenters. The van der Waals surface area contributed by atoms with E-state index in [1.165, 1.54) is 0 Å². The van der Waals surface area contributed by atoms with Gasteiger partial charge in [-0.25, -0.2) is 9.97 Å². The fraction of sp³-hybridized carbons (Fsp3) is 0.182. The molecule has 1 atom stereocenters. The number of aromatic nitrogens is 3. The molecule has 2 rings (SSSR count). The van der Waals surface area contributed by atoms with Crippen LogP contribution < -0.4 is 0 Å². The Morgan fingerprint density at radius 2 is 2.00 bits per heavy atom. The number of hydrogen-bond donors (Lipinski definition) is 0. The molecule has 17 heavy (non-hydrogen) atoms. The Balaban J connectivity index is 2.42. The van der Waals surface area contributed by atoms with Crippen LogP contribution >= 0.6 is 11.6 Å². The summed E-state index contributed by atoms with van der Waals surface area (Å²) in [6, 6.07) is 5.24. The lowest BCUT2D eigenvalue weighted by molar-refractivity contribution is 0.686. The quantitative estimate of drug-likeness (QED) is 0.799. The minimum atomic E-state index is -0.951. The number of hydrogen-bond acceptors (Lipinski definition) is 4. The van der Waals surface area contributed by atoms with Crippen LogP contribution in [-0.4, -0.2) is 25.4 Å². The summed E-state index contributed by atoms with van der Waals surface area (Å²) in [5.41, 5.74) is 1.52. The zero-order valence-electron chi connectivity index (χ0n) is 9.13. The van der Waals surface area contributed by atoms with Gasteiger partial charge in [-0.2, -0.15) is 0 Å². The van der Waals surface area contributed by atoms with Crippen molar-refractivity contribution in [2.75, 3.05) is 6.26 Å². The topological polar surface area (TPSA) is 55.7 Å². The van der Waals surface area contributed by atoms with E-state index in [1.807, 2.05) is 0 Å². The molecule has 0 bridgehead atoms. The number of rotatable bonds is 3. The minimum Gasteiger partial charge on any atom is -0.265 e. The van der Waals surface area contributed by atoms with Crippen LogP contribution in [0.4, 0.5) is 0 Å². The summed E-state index contributed by atoms with van der Waals surface area (Å²) in [5.74, 6) is 0.903. The number of pyridine rings is 1. The maximum atomic E-state index is 11.2. The standard InChI is InChI=1S/C11H10ClN3OS/c1-17(16)7-9-6-10(12)15-11(14-9)8-2-4-13-5-3-8/h2-6H,7H2,1H3. The average Bonchev–Trinajstić information content (AvgIpc) is 2.28. The molecular formula is C11H10ClN3OS. The van der Waals surface area contributed by atoms with E-state index in [4.69, 9.17) is 11.6 Å². The zero-order valence-corrected chi connectivity index (χ0v) is 10.7. The van der Waals surface area contributed by atoms with Gasteiger partial charge in [0.25, 0.3) is 0 Å². The van der Waals surface area contributed by atoms with Gasteiger partial charge in [0.1, 0.15) is 5.15 Å². The van der Waals surface area contributed by atoms with Crippen LogP contribution in [-0.2, 0) is 16.6 Å². The lowest BCUT2D eigenvalue weighted by atomic mass is 10.2. The van der Waals surface area contributed by atoms with Gasteiger partial charge in [-0.3, -0.25) is 9.19 Å². The van der Waals surface area contributed by atoms with Crippen molar-refractivity contribution in [3.63, 3.8) is 0 Å². The second kappa shape index (κ2) is 5.33. The van der Waals surface area contributed by atoms with Gasteiger partial charge in [-0.1, -0.05) is 11.6 Å². The van der Waals surface area contributed by atoms with Crippen LogP contribution in [0.5, 0.6) is 0 Å². The van der Waals surface area contributed by atoms with Crippen LogP contribution in [0.15, 0.2) is 30.6 Å². The molecule has 0 fully saturated rings. The van der Waals surface area contributed by atoms with Crippen LogP contribution in [0.25, 0.3) is 11.4 Å². The van der Waals surface area contributed by atoms with E-state index < -0.39 is 10.8 Å². The molecule has 6 heteroatoms. The van der Waals surface area contributed by atoms with Crippen LogP contribution in [0.2, 0.25) is 5.15 Å². The molecule has 0 N–H and O–H groups in total. The molecule has 0 radical (unpaired) electrons. The SMILES string of the molecule is CS(=O)Cc1cc(Cl)nc(-c2ccncc2)n1. The third kappa shape index (κ3) is 3.31. The van der Waals surface area contributed by atoms with Crippen molar-refractivity contribution in [1.82, 2.24) is 15.0 Å². The molecule has 2 aromatic heterocycles. The Kier molecular flexibility index (Phi) is 3.81. The second-order valence-corrected chi connectivity index (χ2v) is 5.28. The molecule has 0 amide bonds. The first-order valence-electron chi connectivity index (χ1n) is 4.89. The molecule has 0 aliphatic heterocycles. The van der Waals surface area contributed by atoms with Crippen molar-refractivity contribution in [1.29, 1.82) is 0 Å². The minimum absolute atomic E-state index is 0.354. The van der Waals surface area contributed by atoms with Gasteiger partial charge in [0.15, 0.2) is 5.82 Å². The van der Waals surface area contributed by atoms with Crippen molar-refractivity contribution in [2.24, 2.45) is 0 Å². The average molecular weight is 268 g/mol. The Hall–Kier alpha value is -1.33. The van der Waals surface area contributed by atoms with E-state index in [1.54, 1.807) is 36.8 Å². The highest BCUT2D eigenvalue weighted by atomic mass is 35.5. The molecule has 88 valence electrons. The first-order chi connectivity index (χ1) is 8.15. The molecule has 0 aromatic carbocycles. The van der Waals surface area contributed by atoms with Crippen molar-refractivity contribution in [2.45, 2.75) is 5.75 Å². The monoisotopic (exact) mass is 267 g/mol. The van der Waals surface area contributed by atoms with Crippen LogP contribution in [0.1, 0.15) is 5.69 Å². The van der Waals surface area contributed by atoms with E-state index in [0.717, 1.165) is 5.56 Å². The van der Waals surface area contributed by atoms with Gasteiger partial charge in [-0.05, 0) is 18.2 Å². The highest BCUT2D eigenvalue weighted by Crippen LogP contribution is 2.17. The van der Waals surface area contributed by atoms with E-state index in [-0.39, 0.29) is 0 Å². The first-order valence-corrected chi connectivity index (χ1v) is 6.99. The lowest BCUT2D eigenvalue weighted by Gasteiger charge is -2.03. The third-order valence-electron chi connectivity index (χ3n) is 2.04. The molecule has 2 heterocycles. The van der Waals surface area contributed by atoms with Gasteiger partial charge >= 0.3 is 0 Å². The fourth-order valence-electron chi connectivity index (χ4n) is 1.38. The molecular weight excluding hydrogens is 258 g/mol. The van der Waals surface area contributed by atoms with Gasteiger partial charge in [0, 0.05) is 35.0 Å². The summed E-state index contributed by atoms with van der Waals surface area (Å²) < 4.78 is 11.2. The van der Waals surface area contributed by atoms with Crippen molar-refractivity contribution < 1.29 is 4.21 Å². The lowest BCUT2D eigenvalue weighted by Crippen LogP contribution is -1.99. The molecule has 0 spiro atoms. The summed E-state index contributed by atoms with van der Waals surface area (Å²) in [4.78, 5) is 12.4. The summed E-state index contributed by atoms with van der Waals surface area (Å²) in [5, 5.41) is 0.354. The van der Waals surface area contributed by atoms with E-state index >= 15 is 0 Å². The highest BCUT2D eigenvalue weighted by molar-refractivity contribution is 7.83. The first kappa shape index (κ1) is 12.1. The normalized spacial score (nSPS) is 12.4. The molecule has 0 saturated heterocycles. The smallest absolute Gasteiger partial charge is 0.161 e. The largest absolute Gasteiger partial charge is 0.265 e. The molecule has 0 saturated carbocycles. The van der Waals surface area contributed by atoms with Crippen LogP contribution in [0, 0.1) is 0 Å². The zero-order chi connectivity index (χ0) is 12.3. The molecule has 0 aliphatic carbocycles. The van der Waals surface area contributed by atoms with Gasteiger partial charge in [0.2, 0.25) is 0 Å². The van der Waals surface area contributed by atoms with E-state index in [0.29, 0.717) is 22.4 Å². The summed E-state index contributed by atoms with van der Waals surface area (Å²) in [7, 11) is -0.951. The maximum absolute atomic E-state index is 11.2. The van der Waals surface area contributed by atoms with E-state index in [2.05, 4.69) is 15.0 Å². The van der Waals surface area contributed by atoms with Crippen molar-refractivity contribution in [3.05, 3.63) is 41.4 Å². The predicted molar refractivity (Wildman–Crippen MR) is 68.0 cm³/mol. The van der Waals surface area contributed by atoms with Crippen molar-refractivity contribution in [3.8, 4) is 11.4 Å².